The van der Waals surface area contributed by atoms with Crippen LogP contribution in [0.2, 0.25) is 5.02 Å². The molecule has 3 aromatic heterocycles. The number of rotatable bonds is 7. The molecule has 0 amide bonds. The van der Waals surface area contributed by atoms with E-state index in [0.29, 0.717) is 34.4 Å². The molecule has 2 N–H and O–H groups in total. The van der Waals surface area contributed by atoms with Gasteiger partial charge in [-0.05, 0) is 36.2 Å². The Morgan fingerprint density at radius 3 is 2.83 bits per heavy atom. The third-order valence-electron chi connectivity index (χ3n) is 4.48. The van der Waals surface area contributed by atoms with Crippen molar-refractivity contribution in [3.8, 4) is 5.82 Å². The minimum Gasteiger partial charge on any atom is -0.364 e. The lowest BCUT2D eigenvalue weighted by molar-refractivity contribution is -0.0768. The van der Waals surface area contributed by atoms with Crippen LogP contribution in [-0.2, 0) is 11.2 Å². The van der Waals surface area contributed by atoms with Gasteiger partial charge in [-0.25, -0.2) is 9.97 Å². The number of methoxy groups -OCH3 is 1. The number of pyridine rings is 1. The largest absolute Gasteiger partial charge is 0.364 e. The van der Waals surface area contributed by atoms with E-state index in [1.807, 2.05) is 18.2 Å². The number of hydrogen-bond acceptors (Lipinski definition) is 7. The zero-order valence-electron chi connectivity index (χ0n) is 15.7. The Balaban J connectivity index is 1.57. The molecule has 1 aromatic carbocycles. The normalized spacial score (nSPS) is 12.2. The first-order chi connectivity index (χ1) is 14.2. The summed E-state index contributed by atoms with van der Waals surface area (Å²) in [5, 5.41) is 13.5. The number of imidazole rings is 1. The van der Waals surface area contributed by atoms with Gasteiger partial charge in [-0.15, -0.1) is 0 Å². The number of benzene rings is 1. The van der Waals surface area contributed by atoms with Gasteiger partial charge in [0.25, 0.3) is 0 Å². The fourth-order valence-electron chi connectivity index (χ4n) is 2.97. The van der Waals surface area contributed by atoms with Crippen molar-refractivity contribution in [1.82, 2.24) is 24.5 Å². The van der Waals surface area contributed by atoms with Crippen molar-refractivity contribution in [2.45, 2.75) is 12.7 Å². The molecular weight excluding hydrogens is 392 g/mol. The molecule has 148 valence electrons. The molecule has 0 saturated heterocycles. The van der Waals surface area contributed by atoms with E-state index in [1.165, 1.54) is 12.7 Å². The predicted octanol–water partition coefficient (Wildman–Crippen LogP) is 3.16. The van der Waals surface area contributed by atoms with Gasteiger partial charge in [-0.3, -0.25) is 9.55 Å². The summed E-state index contributed by atoms with van der Waals surface area (Å²) in [6, 6.07) is 9.33. The Labute approximate surface area is 172 Å². The number of ether oxygens (including phenoxy) is 1. The highest BCUT2D eigenvalue weighted by atomic mass is 35.5. The number of nitrogens with zero attached hydrogens (tertiary/aromatic N) is 5. The molecule has 0 aliphatic rings. The van der Waals surface area contributed by atoms with E-state index in [9.17, 15) is 5.11 Å². The number of anilines is 1. The monoisotopic (exact) mass is 410 g/mol. The highest BCUT2D eigenvalue weighted by Crippen LogP contribution is 2.25. The zero-order chi connectivity index (χ0) is 20.2. The fraction of sp³-hybridized carbons (Fsp3) is 0.200. The van der Waals surface area contributed by atoms with E-state index in [-0.39, 0.29) is 0 Å². The van der Waals surface area contributed by atoms with Crippen LogP contribution in [0, 0.1) is 0 Å². The van der Waals surface area contributed by atoms with Crippen LogP contribution in [0.15, 0.2) is 55.2 Å². The van der Waals surface area contributed by atoms with E-state index in [4.69, 9.17) is 16.3 Å². The minimum atomic E-state index is -0.997. The second kappa shape index (κ2) is 8.52. The first kappa shape index (κ1) is 19.3. The number of aromatic nitrogens is 5. The molecule has 8 nitrogen and oxygen atoms in total. The van der Waals surface area contributed by atoms with Crippen molar-refractivity contribution >= 4 is 28.6 Å². The third kappa shape index (κ3) is 4.19. The van der Waals surface area contributed by atoms with Gasteiger partial charge in [0.15, 0.2) is 12.1 Å². The molecule has 0 fully saturated rings. The number of fused-ring (bicyclic) bond motifs is 1. The van der Waals surface area contributed by atoms with Crippen LogP contribution in [0.1, 0.15) is 17.4 Å². The quantitative estimate of drug-likeness (QED) is 0.451. The lowest BCUT2D eigenvalue weighted by Gasteiger charge is -2.10. The van der Waals surface area contributed by atoms with Crippen molar-refractivity contribution in [3.63, 3.8) is 0 Å². The maximum atomic E-state index is 9.85. The molecule has 0 spiro atoms. The fourth-order valence-corrected chi connectivity index (χ4v) is 3.15. The summed E-state index contributed by atoms with van der Waals surface area (Å²) < 4.78 is 6.74. The lowest BCUT2D eigenvalue weighted by atomic mass is 10.2. The first-order valence-electron chi connectivity index (χ1n) is 8.99. The van der Waals surface area contributed by atoms with E-state index in [1.54, 1.807) is 41.6 Å². The molecule has 1 unspecified atom stereocenters. The van der Waals surface area contributed by atoms with Crippen LogP contribution in [0.5, 0.6) is 0 Å². The van der Waals surface area contributed by atoms with Crippen LogP contribution in [0.4, 0.5) is 5.95 Å². The topological polar surface area (TPSA) is 98.0 Å². The number of aliphatic hydroxyl groups is 1. The van der Waals surface area contributed by atoms with Gasteiger partial charge in [-0.1, -0.05) is 17.7 Å². The van der Waals surface area contributed by atoms with Gasteiger partial charge in [0, 0.05) is 31.6 Å². The number of halogens is 1. The SMILES string of the molecule is COC(O)c1ccc2c(c1)ncn2-c1nc(NCCc2ccncc2)ncc1Cl. The van der Waals surface area contributed by atoms with Crippen molar-refractivity contribution in [2.24, 2.45) is 0 Å². The Hall–Kier alpha value is -3.07. The number of nitrogens with one attached hydrogen (secondary N) is 1. The van der Waals surface area contributed by atoms with E-state index < -0.39 is 6.29 Å². The third-order valence-corrected chi connectivity index (χ3v) is 4.75. The van der Waals surface area contributed by atoms with Gasteiger partial charge < -0.3 is 15.2 Å². The van der Waals surface area contributed by atoms with Gasteiger partial charge in [0.1, 0.15) is 11.3 Å². The highest BCUT2D eigenvalue weighted by molar-refractivity contribution is 6.32. The molecule has 29 heavy (non-hydrogen) atoms. The molecule has 3 heterocycles. The number of aliphatic hydroxyl groups excluding tert-OH is 1. The average molecular weight is 411 g/mol. The van der Waals surface area contributed by atoms with Crippen LogP contribution in [-0.4, -0.2) is 43.3 Å². The molecule has 0 aliphatic carbocycles. The van der Waals surface area contributed by atoms with Crippen LogP contribution in [0.3, 0.4) is 0 Å². The van der Waals surface area contributed by atoms with Crippen molar-refractivity contribution in [1.29, 1.82) is 0 Å². The van der Waals surface area contributed by atoms with Crippen LogP contribution in [0.25, 0.3) is 16.9 Å². The molecular formula is C20H19ClN6O2. The average Bonchev–Trinajstić information content (AvgIpc) is 3.18. The maximum absolute atomic E-state index is 9.85. The van der Waals surface area contributed by atoms with Gasteiger partial charge in [0.05, 0.1) is 17.2 Å². The summed E-state index contributed by atoms with van der Waals surface area (Å²) in [7, 11) is 1.44. The molecule has 0 radical (unpaired) electrons. The smallest absolute Gasteiger partial charge is 0.224 e. The van der Waals surface area contributed by atoms with Gasteiger partial charge in [-0.2, -0.15) is 4.98 Å². The number of hydrogen-bond donors (Lipinski definition) is 2. The Kier molecular flexibility index (Phi) is 5.66. The summed E-state index contributed by atoms with van der Waals surface area (Å²) in [6.45, 7) is 0.675. The molecule has 4 rings (SSSR count). The second-order valence-electron chi connectivity index (χ2n) is 6.35. The molecule has 1 atom stereocenters. The second-order valence-corrected chi connectivity index (χ2v) is 6.76. The van der Waals surface area contributed by atoms with Gasteiger partial charge in [0.2, 0.25) is 5.95 Å². The molecule has 0 saturated carbocycles. The molecule has 4 aromatic rings. The minimum absolute atomic E-state index is 0.407. The first-order valence-corrected chi connectivity index (χ1v) is 9.37. The predicted molar refractivity (Wildman–Crippen MR) is 110 cm³/mol. The molecule has 0 bridgehead atoms. The lowest BCUT2D eigenvalue weighted by Crippen LogP contribution is -2.10. The zero-order valence-corrected chi connectivity index (χ0v) is 16.4. The summed E-state index contributed by atoms with van der Waals surface area (Å²) >= 11 is 6.35. The summed E-state index contributed by atoms with van der Waals surface area (Å²) in [5.41, 5.74) is 3.30. The molecule has 9 heteroatoms. The van der Waals surface area contributed by atoms with Crippen LogP contribution >= 0.6 is 11.6 Å². The summed E-state index contributed by atoms with van der Waals surface area (Å²) in [4.78, 5) is 17.2. The standard InChI is InChI=1S/C20H19ClN6O2/c1-29-19(28)14-2-3-17-16(10-14)25-12-27(17)18-15(21)11-24-20(26-18)23-9-6-13-4-7-22-8-5-13/h2-5,7-8,10-12,19,28H,6,9H2,1H3,(H,23,24,26). The van der Waals surface area contributed by atoms with Gasteiger partial charge >= 0.3 is 0 Å². The van der Waals surface area contributed by atoms with Crippen molar-refractivity contribution < 1.29 is 9.84 Å². The molecule has 0 aliphatic heterocycles. The highest BCUT2D eigenvalue weighted by Gasteiger charge is 2.14. The Bertz CT molecular complexity index is 1120. The van der Waals surface area contributed by atoms with E-state index >= 15 is 0 Å². The Morgan fingerprint density at radius 1 is 1.21 bits per heavy atom. The van der Waals surface area contributed by atoms with Crippen LogP contribution < -0.4 is 5.32 Å². The Morgan fingerprint density at radius 2 is 2.03 bits per heavy atom. The summed E-state index contributed by atoms with van der Waals surface area (Å²) in [6.07, 6.45) is 6.57. The summed E-state index contributed by atoms with van der Waals surface area (Å²) in [5.74, 6) is 1.00. The van der Waals surface area contributed by atoms with Crippen molar-refractivity contribution in [2.75, 3.05) is 19.0 Å². The van der Waals surface area contributed by atoms with E-state index in [0.717, 1.165) is 11.9 Å². The maximum Gasteiger partial charge on any atom is 0.224 e. The van der Waals surface area contributed by atoms with Crippen molar-refractivity contribution in [3.05, 3.63) is 71.4 Å². The van der Waals surface area contributed by atoms with E-state index in [2.05, 4.69) is 25.3 Å².